The second-order valence-corrected chi connectivity index (χ2v) is 8.03. The number of pyridine rings is 1. The Bertz CT molecular complexity index is 933. The van der Waals surface area contributed by atoms with E-state index in [0.29, 0.717) is 18.7 Å². The number of carbonyl (C=O) groups excluding carboxylic acids is 1. The molecule has 4 rings (SSSR count). The largest absolute Gasteiger partial charge is 0.339 e. The molecule has 0 atom stereocenters. The number of likely N-dealkylation sites (tertiary alicyclic amines) is 1. The van der Waals surface area contributed by atoms with Gasteiger partial charge in [0.1, 0.15) is 0 Å². The topological polar surface area (TPSA) is 77.0 Å². The van der Waals surface area contributed by atoms with E-state index in [1.807, 2.05) is 33.2 Å². The Kier molecular flexibility index (Phi) is 7.45. The van der Waals surface area contributed by atoms with E-state index in [4.69, 9.17) is 10.7 Å². The summed E-state index contributed by atoms with van der Waals surface area (Å²) in [6.45, 7) is 5.55. The minimum absolute atomic E-state index is 0. The first-order valence-corrected chi connectivity index (χ1v) is 9.89. The van der Waals surface area contributed by atoms with Crippen LogP contribution in [0.5, 0.6) is 0 Å². The lowest BCUT2D eigenvalue weighted by Gasteiger charge is -2.30. The summed E-state index contributed by atoms with van der Waals surface area (Å²) < 4.78 is 1.88. The molecule has 0 unspecified atom stereocenters. The van der Waals surface area contributed by atoms with Gasteiger partial charge in [-0.1, -0.05) is 6.07 Å². The second kappa shape index (κ2) is 9.22. The lowest BCUT2D eigenvalue weighted by Crippen LogP contribution is -2.42. The highest BCUT2D eigenvalue weighted by Crippen LogP contribution is 2.30. The summed E-state index contributed by atoms with van der Waals surface area (Å²) in [6.07, 6.45) is 3.47. The van der Waals surface area contributed by atoms with E-state index in [1.54, 1.807) is 17.5 Å². The number of nitrogens with two attached hydrogens (primary N) is 1. The molecule has 1 fully saturated rings. The van der Waals surface area contributed by atoms with Gasteiger partial charge in [0.05, 0.1) is 27.7 Å². The van der Waals surface area contributed by atoms with Gasteiger partial charge in [0.25, 0.3) is 5.91 Å². The zero-order valence-corrected chi connectivity index (χ0v) is 18.3. The van der Waals surface area contributed by atoms with E-state index in [1.165, 1.54) is 0 Å². The van der Waals surface area contributed by atoms with Crippen LogP contribution in [0.4, 0.5) is 0 Å². The van der Waals surface area contributed by atoms with Crippen molar-refractivity contribution in [2.75, 3.05) is 13.1 Å². The van der Waals surface area contributed by atoms with E-state index in [-0.39, 0.29) is 42.8 Å². The maximum Gasteiger partial charge on any atom is 0.254 e. The lowest BCUT2D eigenvalue weighted by atomic mass is 10.0. The summed E-state index contributed by atoms with van der Waals surface area (Å²) in [7, 11) is 0. The van der Waals surface area contributed by atoms with Gasteiger partial charge in [-0.2, -0.15) is 5.10 Å². The van der Waals surface area contributed by atoms with E-state index in [2.05, 4.69) is 18.9 Å². The van der Waals surface area contributed by atoms with Crippen molar-refractivity contribution in [1.29, 1.82) is 0 Å². The third-order valence-corrected chi connectivity index (χ3v) is 5.78. The number of rotatable bonds is 3. The van der Waals surface area contributed by atoms with Crippen molar-refractivity contribution < 1.29 is 4.79 Å². The van der Waals surface area contributed by atoms with Gasteiger partial charge in [0.2, 0.25) is 0 Å². The van der Waals surface area contributed by atoms with Crippen LogP contribution in [0.1, 0.15) is 43.1 Å². The molecule has 1 aliphatic heterocycles. The van der Waals surface area contributed by atoms with Crippen molar-refractivity contribution in [2.45, 2.75) is 38.8 Å². The van der Waals surface area contributed by atoms with Crippen LogP contribution in [0.25, 0.3) is 21.6 Å². The van der Waals surface area contributed by atoms with Crippen LogP contribution < -0.4 is 5.73 Å². The van der Waals surface area contributed by atoms with Crippen LogP contribution in [-0.2, 0) is 0 Å². The summed E-state index contributed by atoms with van der Waals surface area (Å²) in [5.41, 5.74) is 8.27. The zero-order valence-electron chi connectivity index (χ0n) is 15.9. The summed E-state index contributed by atoms with van der Waals surface area (Å²) >= 11 is 1.62. The Labute approximate surface area is 180 Å². The minimum Gasteiger partial charge on any atom is -0.339 e. The molecular formula is C19H25Cl2N5OS. The number of aromatic nitrogens is 3. The Balaban J connectivity index is 0.00000140. The SMILES string of the molecule is CC(C)n1ncc2c(C(=O)N3CCC(N)CC3)cc(-c3cccs3)nc21.Cl.Cl. The van der Waals surface area contributed by atoms with Crippen LogP contribution >= 0.6 is 36.2 Å². The van der Waals surface area contributed by atoms with E-state index >= 15 is 0 Å². The Morgan fingerprint density at radius 3 is 2.61 bits per heavy atom. The fraction of sp³-hybridized carbons (Fsp3) is 0.421. The van der Waals surface area contributed by atoms with Crippen LogP contribution in [0.2, 0.25) is 0 Å². The van der Waals surface area contributed by atoms with Gasteiger partial charge >= 0.3 is 0 Å². The lowest BCUT2D eigenvalue weighted by molar-refractivity contribution is 0.0716. The number of piperidine rings is 1. The fourth-order valence-corrected chi connectivity index (χ4v) is 4.08. The molecule has 3 aromatic heterocycles. The van der Waals surface area contributed by atoms with Crippen molar-refractivity contribution in [2.24, 2.45) is 5.73 Å². The van der Waals surface area contributed by atoms with Gasteiger partial charge < -0.3 is 10.6 Å². The predicted octanol–water partition coefficient (Wildman–Crippen LogP) is 4.15. The summed E-state index contributed by atoms with van der Waals surface area (Å²) in [4.78, 5) is 21.0. The highest BCUT2D eigenvalue weighted by molar-refractivity contribution is 7.13. The first kappa shape index (κ1) is 22.6. The standard InChI is InChI=1S/C19H23N5OS.2ClH/c1-12(2)24-18-15(11-21-24)14(10-16(22-18)17-4-3-9-26-17)19(25)23-7-5-13(20)6-8-23;;/h3-4,9-13H,5-8,20H2,1-2H3;2*1H. The minimum atomic E-state index is 0. The van der Waals surface area contributed by atoms with Crippen LogP contribution in [-0.4, -0.2) is 44.7 Å². The summed E-state index contributed by atoms with van der Waals surface area (Å²) in [5.74, 6) is 0.0467. The van der Waals surface area contributed by atoms with Crippen molar-refractivity contribution >= 4 is 53.1 Å². The molecule has 3 aromatic rings. The maximum atomic E-state index is 13.2. The molecule has 1 amide bonds. The zero-order chi connectivity index (χ0) is 18.3. The Hall–Kier alpha value is -1.67. The molecule has 0 spiro atoms. The second-order valence-electron chi connectivity index (χ2n) is 7.08. The van der Waals surface area contributed by atoms with Crippen molar-refractivity contribution in [3.8, 4) is 10.6 Å². The van der Waals surface area contributed by atoms with Gasteiger partial charge in [0, 0.05) is 25.2 Å². The molecule has 1 aliphatic rings. The molecule has 1 saturated heterocycles. The molecule has 2 N–H and O–H groups in total. The number of halogens is 2. The third-order valence-electron chi connectivity index (χ3n) is 4.89. The van der Waals surface area contributed by atoms with E-state index < -0.39 is 0 Å². The van der Waals surface area contributed by atoms with Gasteiger partial charge in [-0.25, -0.2) is 9.67 Å². The van der Waals surface area contributed by atoms with Gasteiger partial charge in [-0.05, 0) is 44.2 Å². The van der Waals surface area contributed by atoms with E-state index in [0.717, 1.165) is 34.4 Å². The smallest absolute Gasteiger partial charge is 0.254 e. The summed E-state index contributed by atoms with van der Waals surface area (Å²) in [5, 5.41) is 7.33. The molecule has 28 heavy (non-hydrogen) atoms. The number of thiophene rings is 1. The molecule has 0 aliphatic carbocycles. The van der Waals surface area contributed by atoms with Gasteiger partial charge in [0.15, 0.2) is 5.65 Å². The normalized spacial score (nSPS) is 14.8. The van der Waals surface area contributed by atoms with Gasteiger partial charge in [-0.3, -0.25) is 4.79 Å². The van der Waals surface area contributed by atoms with Crippen LogP contribution in [0, 0.1) is 0 Å². The molecular weight excluding hydrogens is 417 g/mol. The summed E-state index contributed by atoms with van der Waals surface area (Å²) in [6, 6.07) is 6.32. The van der Waals surface area contributed by atoms with Crippen molar-refractivity contribution in [3.63, 3.8) is 0 Å². The first-order valence-electron chi connectivity index (χ1n) is 9.01. The number of carbonyl (C=O) groups is 1. The molecule has 6 nitrogen and oxygen atoms in total. The average Bonchev–Trinajstić information content (AvgIpc) is 3.30. The molecule has 0 saturated carbocycles. The molecule has 152 valence electrons. The van der Waals surface area contributed by atoms with Crippen LogP contribution in [0.15, 0.2) is 29.8 Å². The fourth-order valence-electron chi connectivity index (χ4n) is 3.40. The molecule has 9 heteroatoms. The first-order chi connectivity index (χ1) is 12.5. The molecule has 0 bridgehead atoms. The Morgan fingerprint density at radius 1 is 1.29 bits per heavy atom. The number of hydrogen-bond acceptors (Lipinski definition) is 5. The quantitative estimate of drug-likeness (QED) is 0.661. The number of fused-ring (bicyclic) bond motifs is 1. The predicted molar refractivity (Wildman–Crippen MR) is 119 cm³/mol. The monoisotopic (exact) mass is 441 g/mol. The van der Waals surface area contributed by atoms with Crippen molar-refractivity contribution in [3.05, 3.63) is 35.3 Å². The molecule has 4 heterocycles. The number of nitrogens with zero attached hydrogens (tertiary/aromatic N) is 4. The van der Waals surface area contributed by atoms with Crippen LogP contribution in [0.3, 0.4) is 0 Å². The van der Waals surface area contributed by atoms with Gasteiger partial charge in [-0.15, -0.1) is 36.2 Å². The Morgan fingerprint density at radius 2 is 2.00 bits per heavy atom. The van der Waals surface area contributed by atoms with Crippen molar-refractivity contribution in [1.82, 2.24) is 19.7 Å². The van der Waals surface area contributed by atoms with E-state index in [9.17, 15) is 4.79 Å². The number of hydrogen-bond donors (Lipinski definition) is 1. The molecule has 0 radical (unpaired) electrons. The maximum absolute atomic E-state index is 13.2. The average molecular weight is 442 g/mol. The number of amides is 1. The third kappa shape index (κ3) is 4.17. The molecule has 0 aromatic carbocycles. The highest BCUT2D eigenvalue weighted by atomic mass is 35.5. The highest BCUT2D eigenvalue weighted by Gasteiger charge is 2.25.